The van der Waals surface area contributed by atoms with Gasteiger partial charge in [-0.2, -0.15) is 5.10 Å². The highest BCUT2D eigenvalue weighted by Crippen LogP contribution is 2.47. The minimum atomic E-state index is -0.0111. The van der Waals surface area contributed by atoms with Crippen molar-refractivity contribution in [3.05, 3.63) is 77.6 Å². The van der Waals surface area contributed by atoms with Gasteiger partial charge in [0.15, 0.2) is 0 Å². The lowest BCUT2D eigenvalue weighted by Gasteiger charge is -2.19. The fraction of sp³-hybridized carbons (Fsp3) is 0.292. The van der Waals surface area contributed by atoms with E-state index in [9.17, 15) is 4.79 Å². The second-order valence-electron chi connectivity index (χ2n) is 8.50. The van der Waals surface area contributed by atoms with Gasteiger partial charge in [0.1, 0.15) is 0 Å². The van der Waals surface area contributed by atoms with Crippen molar-refractivity contribution in [1.82, 2.24) is 10.4 Å². The summed E-state index contributed by atoms with van der Waals surface area (Å²) in [6, 6.07) is 16.6. The van der Waals surface area contributed by atoms with E-state index in [2.05, 4.69) is 60.5 Å². The van der Waals surface area contributed by atoms with Crippen molar-refractivity contribution in [2.24, 2.45) is 11.0 Å². The van der Waals surface area contributed by atoms with Gasteiger partial charge < -0.3 is 0 Å². The Balaban J connectivity index is 1.38. The van der Waals surface area contributed by atoms with Gasteiger partial charge in [0.2, 0.25) is 5.91 Å². The highest BCUT2D eigenvalue weighted by Gasteiger charge is 2.43. The summed E-state index contributed by atoms with van der Waals surface area (Å²) in [7, 11) is 0. The third-order valence-corrected chi connectivity index (χ3v) is 5.42. The Hall–Kier alpha value is -3.01. The van der Waals surface area contributed by atoms with Gasteiger partial charge in [-0.3, -0.25) is 9.78 Å². The van der Waals surface area contributed by atoms with E-state index in [-0.39, 0.29) is 17.2 Å². The first-order valence-corrected chi connectivity index (χ1v) is 9.69. The lowest BCUT2D eigenvalue weighted by molar-refractivity contribution is -0.122. The molecule has 0 spiro atoms. The fourth-order valence-electron chi connectivity index (χ4n) is 3.59. The van der Waals surface area contributed by atoms with E-state index in [1.54, 1.807) is 12.4 Å². The molecule has 1 fully saturated rings. The molecule has 142 valence electrons. The van der Waals surface area contributed by atoms with Crippen LogP contribution in [0.15, 0.2) is 66.0 Å². The Labute approximate surface area is 165 Å². The summed E-state index contributed by atoms with van der Waals surface area (Å²) in [5.74, 6) is 0.297. The van der Waals surface area contributed by atoms with Gasteiger partial charge in [0.05, 0.1) is 6.21 Å². The van der Waals surface area contributed by atoms with Crippen LogP contribution in [0.2, 0.25) is 0 Å². The van der Waals surface area contributed by atoms with Crippen molar-refractivity contribution in [2.75, 3.05) is 0 Å². The highest BCUT2D eigenvalue weighted by molar-refractivity contribution is 5.99. The average Bonchev–Trinajstić information content (AvgIpc) is 3.48. The van der Waals surface area contributed by atoms with E-state index in [0.29, 0.717) is 5.92 Å². The van der Waals surface area contributed by atoms with Crippen molar-refractivity contribution < 1.29 is 4.79 Å². The van der Waals surface area contributed by atoms with E-state index in [1.165, 1.54) is 11.1 Å². The van der Waals surface area contributed by atoms with E-state index in [4.69, 9.17) is 0 Å². The number of hydrogen-bond donors (Lipinski definition) is 1. The second kappa shape index (κ2) is 7.19. The summed E-state index contributed by atoms with van der Waals surface area (Å²) < 4.78 is 0. The first kappa shape index (κ1) is 18.4. The van der Waals surface area contributed by atoms with Crippen LogP contribution in [0.3, 0.4) is 0 Å². The molecule has 1 heterocycles. The van der Waals surface area contributed by atoms with E-state index >= 15 is 0 Å². The van der Waals surface area contributed by atoms with Crippen LogP contribution in [0, 0.1) is 5.92 Å². The zero-order chi connectivity index (χ0) is 19.7. The van der Waals surface area contributed by atoms with E-state index in [0.717, 1.165) is 22.8 Å². The van der Waals surface area contributed by atoms with Gasteiger partial charge in [0.25, 0.3) is 0 Å². The van der Waals surface area contributed by atoms with Gasteiger partial charge in [-0.15, -0.1) is 0 Å². The zero-order valence-corrected chi connectivity index (χ0v) is 16.5. The van der Waals surface area contributed by atoms with Crippen LogP contribution in [-0.2, 0) is 10.2 Å². The maximum atomic E-state index is 12.4. The molecule has 4 nitrogen and oxygen atoms in total. The molecule has 1 saturated carbocycles. The molecule has 0 radical (unpaired) electrons. The monoisotopic (exact) mass is 371 g/mol. The van der Waals surface area contributed by atoms with Crippen molar-refractivity contribution >= 4 is 22.9 Å². The molecule has 1 aliphatic carbocycles. The third kappa shape index (κ3) is 3.81. The standard InChI is InChI=1S/C24H25N3O/c1-24(2,3)19-9-7-16(8-10-19)21-13-22(21)23(28)27-26-15-18-6-4-5-17-14-25-12-11-20(17)18/h4-12,14-15,21-22H,13H2,1-3H3,(H,27,28)/b26-15-. The maximum Gasteiger partial charge on any atom is 0.243 e. The van der Waals surface area contributed by atoms with Crippen LogP contribution in [0.5, 0.6) is 0 Å². The quantitative estimate of drug-likeness (QED) is 0.530. The molecule has 2 atom stereocenters. The van der Waals surface area contributed by atoms with Gasteiger partial charge in [-0.25, -0.2) is 5.43 Å². The lowest BCUT2D eigenvalue weighted by Crippen LogP contribution is -2.20. The van der Waals surface area contributed by atoms with Gasteiger partial charge in [0, 0.05) is 29.3 Å². The highest BCUT2D eigenvalue weighted by atomic mass is 16.2. The Morgan fingerprint density at radius 1 is 1.14 bits per heavy atom. The number of nitrogens with zero attached hydrogens (tertiary/aromatic N) is 2. The molecule has 0 bridgehead atoms. The third-order valence-electron chi connectivity index (χ3n) is 5.42. The number of benzene rings is 2. The first-order chi connectivity index (χ1) is 13.4. The number of nitrogens with one attached hydrogen (secondary N) is 1. The molecular weight excluding hydrogens is 346 g/mol. The molecule has 2 unspecified atom stereocenters. The van der Waals surface area contributed by atoms with Gasteiger partial charge in [-0.05, 0) is 40.3 Å². The van der Waals surface area contributed by atoms with E-state index < -0.39 is 0 Å². The number of carbonyl (C=O) groups is 1. The summed E-state index contributed by atoms with van der Waals surface area (Å²) in [4.78, 5) is 16.6. The summed E-state index contributed by atoms with van der Waals surface area (Å²) in [6.45, 7) is 6.62. The van der Waals surface area contributed by atoms with Crippen molar-refractivity contribution in [3.8, 4) is 0 Å². The Morgan fingerprint density at radius 2 is 1.93 bits per heavy atom. The molecule has 1 aliphatic rings. The predicted molar refractivity (Wildman–Crippen MR) is 113 cm³/mol. The number of amides is 1. The molecule has 3 aromatic rings. The molecule has 0 saturated heterocycles. The summed E-state index contributed by atoms with van der Waals surface area (Å²) >= 11 is 0. The molecule has 1 N–H and O–H groups in total. The van der Waals surface area contributed by atoms with E-state index in [1.807, 2.05) is 30.5 Å². The summed E-state index contributed by atoms with van der Waals surface area (Å²) in [5.41, 5.74) is 6.36. The molecule has 4 rings (SSSR count). The smallest absolute Gasteiger partial charge is 0.243 e. The Kier molecular flexibility index (Phi) is 4.71. The Morgan fingerprint density at radius 3 is 2.68 bits per heavy atom. The van der Waals surface area contributed by atoms with Crippen LogP contribution in [-0.4, -0.2) is 17.1 Å². The average molecular weight is 371 g/mol. The minimum Gasteiger partial charge on any atom is -0.273 e. The molecule has 1 aromatic heterocycles. The van der Waals surface area contributed by atoms with Gasteiger partial charge >= 0.3 is 0 Å². The molecule has 0 aliphatic heterocycles. The van der Waals surface area contributed by atoms with Gasteiger partial charge in [-0.1, -0.05) is 63.2 Å². The van der Waals surface area contributed by atoms with Crippen molar-refractivity contribution in [1.29, 1.82) is 0 Å². The summed E-state index contributed by atoms with van der Waals surface area (Å²) in [5, 5.41) is 6.31. The van der Waals surface area contributed by atoms with Crippen LogP contribution in [0.25, 0.3) is 10.8 Å². The molecule has 1 amide bonds. The zero-order valence-electron chi connectivity index (χ0n) is 16.5. The Bertz CT molecular complexity index is 1030. The topological polar surface area (TPSA) is 54.4 Å². The largest absolute Gasteiger partial charge is 0.273 e. The number of carbonyl (C=O) groups excluding carboxylic acids is 1. The molecule has 4 heteroatoms. The van der Waals surface area contributed by atoms with Crippen LogP contribution >= 0.6 is 0 Å². The van der Waals surface area contributed by atoms with Crippen molar-refractivity contribution in [3.63, 3.8) is 0 Å². The molecule has 28 heavy (non-hydrogen) atoms. The first-order valence-electron chi connectivity index (χ1n) is 9.69. The van der Waals surface area contributed by atoms with Crippen LogP contribution in [0.4, 0.5) is 0 Å². The number of aromatic nitrogens is 1. The van der Waals surface area contributed by atoms with Crippen LogP contribution in [0.1, 0.15) is 49.8 Å². The molecular formula is C24H25N3O. The van der Waals surface area contributed by atoms with Crippen molar-refractivity contribution in [2.45, 2.75) is 38.5 Å². The van der Waals surface area contributed by atoms with Crippen LogP contribution < -0.4 is 5.43 Å². The lowest BCUT2D eigenvalue weighted by atomic mass is 9.86. The minimum absolute atomic E-state index is 0.00866. The number of pyridine rings is 1. The number of rotatable bonds is 4. The summed E-state index contributed by atoms with van der Waals surface area (Å²) in [6.07, 6.45) is 6.18. The predicted octanol–water partition coefficient (Wildman–Crippen LogP) is 4.79. The normalized spacial score (nSPS) is 19.1. The number of fused-ring (bicyclic) bond motifs is 1. The SMILES string of the molecule is CC(C)(C)c1ccc(C2CC2C(=O)N/N=C\c2cccc3cnccc23)cc1. The maximum absolute atomic E-state index is 12.4. The fourth-order valence-corrected chi connectivity index (χ4v) is 3.59. The number of hydrogen-bond acceptors (Lipinski definition) is 3. The number of hydrazone groups is 1. The molecule has 2 aromatic carbocycles. The second-order valence-corrected chi connectivity index (χ2v) is 8.50.